The van der Waals surface area contributed by atoms with Crippen molar-refractivity contribution < 1.29 is 15.3 Å². The van der Waals surface area contributed by atoms with Crippen LogP contribution in [-0.2, 0) is 5.60 Å². The summed E-state index contributed by atoms with van der Waals surface area (Å²) in [7, 11) is 0. The fourth-order valence-electron chi connectivity index (χ4n) is 8.40. The molecule has 5 rings (SSSR count). The highest BCUT2D eigenvalue weighted by Gasteiger charge is 2.71. The van der Waals surface area contributed by atoms with Crippen LogP contribution >= 0.6 is 0 Å². The Kier molecular flexibility index (Phi) is 4.13. The monoisotopic (exact) mass is 384 g/mol. The predicted octanol–water partition coefficient (Wildman–Crippen LogP) is 4.39. The summed E-state index contributed by atoms with van der Waals surface area (Å²) >= 11 is 0. The summed E-state index contributed by atoms with van der Waals surface area (Å²) in [6, 6.07) is 10.1. The summed E-state index contributed by atoms with van der Waals surface area (Å²) in [5, 5.41) is 34.3. The van der Waals surface area contributed by atoms with E-state index in [0.717, 1.165) is 50.5 Å². The zero-order valence-corrected chi connectivity index (χ0v) is 17.4. The number of aliphatic hydroxyl groups is 3. The predicted molar refractivity (Wildman–Crippen MR) is 110 cm³/mol. The Labute approximate surface area is 169 Å². The Hall–Kier alpha value is -0.900. The standard InChI is InChI=1S/C25H36O3/c1-22-12-10-19(26)16-18(22)8-9-21-20(22)11-13-23(2)24(27,14-15-25(21,23)28)17-6-4-3-5-7-17/h3-7,18-21,26-28H,8-16H2,1-2H3/t18-,19+,20+,21-,22+,23-,24+,25+/m1/s1. The van der Waals surface area contributed by atoms with E-state index in [0.29, 0.717) is 24.7 Å². The second-order valence-corrected chi connectivity index (χ2v) is 10.9. The second kappa shape index (κ2) is 6.06. The number of aliphatic hydroxyl groups excluding tert-OH is 1. The number of rotatable bonds is 1. The lowest BCUT2D eigenvalue weighted by Gasteiger charge is -2.64. The summed E-state index contributed by atoms with van der Waals surface area (Å²) < 4.78 is 0. The topological polar surface area (TPSA) is 60.7 Å². The highest BCUT2D eigenvalue weighted by atomic mass is 16.3. The fraction of sp³-hybridized carbons (Fsp3) is 0.760. The van der Waals surface area contributed by atoms with Gasteiger partial charge in [-0.2, -0.15) is 0 Å². The van der Waals surface area contributed by atoms with E-state index in [-0.39, 0.29) is 17.4 Å². The smallest absolute Gasteiger partial charge is 0.0978 e. The van der Waals surface area contributed by atoms with E-state index in [9.17, 15) is 15.3 Å². The molecule has 0 heterocycles. The highest BCUT2D eigenvalue weighted by molar-refractivity contribution is 5.32. The van der Waals surface area contributed by atoms with Crippen molar-refractivity contribution in [2.45, 2.75) is 88.9 Å². The first-order valence-corrected chi connectivity index (χ1v) is 11.4. The molecule has 8 atom stereocenters. The molecular formula is C25H36O3. The van der Waals surface area contributed by atoms with Crippen LogP contribution in [-0.4, -0.2) is 27.0 Å². The van der Waals surface area contributed by atoms with Crippen molar-refractivity contribution in [3.05, 3.63) is 35.9 Å². The Morgan fingerprint density at radius 3 is 2.32 bits per heavy atom. The second-order valence-electron chi connectivity index (χ2n) is 10.9. The molecular weight excluding hydrogens is 348 g/mol. The van der Waals surface area contributed by atoms with Gasteiger partial charge in [0.05, 0.1) is 17.3 Å². The minimum absolute atomic E-state index is 0.138. The van der Waals surface area contributed by atoms with Gasteiger partial charge in [0.15, 0.2) is 0 Å². The minimum atomic E-state index is -0.950. The maximum absolute atomic E-state index is 12.2. The molecule has 154 valence electrons. The number of fused-ring (bicyclic) bond motifs is 5. The van der Waals surface area contributed by atoms with Crippen molar-refractivity contribution >= 4 is 0 Å². The van der Waals surface area contributed by atoms with E-state index in [1.165, 1.54) is 0 Å². The van der Waals surface area contributed by atoms with Crippen LogP contribution in [0.15, 0.2) is 30.3 Å². The summed E-state index contributed by atoms with van der Waals surface area (Å²) in [5.41, 5.74) is -1.06. The van der Waals surface area contributed by atoms with Gasteiger partial charge in [0.2, 0.25) is 0 Å². The fourth-order valence-corrected chi connectivity index (χ4v) is 8.40. The van der Waals surface area contributed by atoms with Gasteiger partial charge in [-0.15, -0.1) is 0 Å². The highest BCUT2D eigenvalue weighted by Crippen LogP contribution is 2.71. The molecule has 0 radical (unpaired) electrons. The molecule has 4 saturated carbocycles. The van der Waals surface area contributed by atoms with Crippen molar-refractivity contribution in [3.63, 3.8) is 0 Å². The molecule has 3 nitrogen and oxygen atoms in total. The molecule has 1 aromatic carbocycles. The molecule has 4 aliphatic rings. The minimum Gasteiger partial charge on any atom is -0.393 e. The van der Waals surface area contributed by atoms with Crippen molar-refractivity contribution in [2.24, 2.45) is 28.6 Å². The lowest BCUT2D eigenvalue weighted by molar-refractivity contribution is -0.238. The van der Waals surface area contributed by atoms with Gasteiger partial charge in [0.25, 0.3) is 0 Å². The van der Waals surface area contributed by atoms with E-state index in [2.05, 4.69) is 13.8 Å². The maximum atomic E-state index is 12.2. The van der Waals surface area contributed by atoms with E-state index in [4.69, 9.17) is 0 Å². The Morgan fingerprint density at radius 1 is 0.821 bits per heavy atom. The molecule has 0 unspecified atom stereocenters. The molecule has 0 amide bonds. The molecule has 0 bridgehead atoms. The van der Waals surface area contributed by atoms with Gasteiger partial charge in [0.1, 0.15) is 0 Å². The van der Waals surface area contributed by atoms with Crippen LogP contribution < -0.4 is 0 Å². The average Bonchev–Trinajstić information content (AvgIpc) is 2.91. The lowest BCUT2D eigenvalue weighted by Crippen LogP contribution is -2.64. The van der Waals surface area contributed by atoms with Crippen LogP contribution in [0.3, 0.4) is 0 Å². The normalized spacial score (nSPS) is 53.2. The van der Waals surface area contributed by atoms with Gasteiger partial charge in [-0.3, -0.25) is 0 Å². The molecule has 1 aromatic rings. The average molecular weight is 385 g/mol. The maximum Gasteiger partial charge on any atom is 0.0978 e. The summed E-state index contributed by atoms with van der Waals surface area (Å²) in [4.78, 5) is 0. The van der Waals surface area contributed by atoms with Crippen LogP contribution in [0.2, 0.25) is 0 Å². The molecule has 0 spiro atoms. The van der Waals surface area contributed by atoms with Crippen molar-refractivity contribution in [2.75, 3.05) is 0 Å². The van der Waals surface area contributed by atoms with Crippen LogP contribution in [0, 0.1) is 28.6 Å². The zero-order valence-electron chi connectivity index (χ0n) is 17.4. The summed E-state index contributed by atoms with van der Waals surface area (Å²) in [6.07, 6.45) is 8.22. The van der Waals surface area contributed by atoms with Gasteiger partial charge in [-0.05, 0) is 86.5 Å². The third-order valence-electron chi connectivity index (χ3n) is 10.2. The SMILES string of the molecule is C[C@]12CC[C@H](O)C[C@H]1CC[C@@H]1[C@@H]2CC[C@]2(C)[C@@](O)(c3ccccc3)CC[C@]12O. The summed E-state index contributed by atoms with van der Waals surface area (Å²) in [6.45, 7) is 4.59. The number of hydrogen-bond donors (Lipinski definition) is 3. The third kappa shape index (κ3) is 2.22. The molecule has 4 fully saturated rings. The lowest BCUT2D eigenvalue weighted by atomic mass is 9.43. The van der Waals surface area contributed by atoms with Crippen LogP contribution in [0.1, 0.15) is 77.2 Å². The van der Waals surface area contributed by atoms with Gasteiger partial charge in [-0.25, -0.2) is 0 Å². The number of benzene rings is 1. The largest absolute Gasteiger partial charge is 0.393 e. The first kappa shape index (κ1) is 19.1. The van der Waals surface area contributed by atoms with E-state index < -0.39 is 16.6 Å². The molecule has 28 heavy (non-hydrogen) atoms. The van der Waals surface area contributed by atoms with Gasteiger partial charge < -0.3 is 15.3 Å². The van der Waals surface area contributed by atoms with Crippen LogP contribution in [0.25, 0.3) is 0 Å². The Bertz CT molecular complexity index is 749. The Morgan fingerprint density at radius 2 is 1.57 bits per heavy atom. The van der Waals surface area contributed by atoms with Crippen LogP contribution in [0.5, 0.6) is 0 Å². The van der Waals surface area contributed by atoms with Gasteiger partial charge >= 0.3 is 0 Å². The molecule has 0 aromatic heterocycles. The molecule has 0 saturated heterocycles. The van der Waals surface area contributed by atoms with E-state index in [1.54, 1.807) is 0 Å². The molecule has 4 aliphatic carbocycles. The first-order valence-electron chi connectivity index (χ1n) is 11.4. The van der Waals surface area contributed by atoms with Gasteiger partial charge in [-0.1, -0.05) is 44.2 Å². The molecule has 3 N–H and O–H groups in total. The van der Waals surface area contributed by atoms with Gasteiger partial charge in [0, 0.05) is 5.41 Å². The molecule has 0 aliphatic heterocycles. The quantitative estimate of drug-likeness (QED) is 0.673. The van der Waals surface area contributed by atoms with E-state index >= 15 is 0 Å². The van der Waals surface area contributed by atoms with Crippen molar-refractivity contribution in [1.29, 1.82) is 0 Å². The van der Waals surface area contributed by atoms with Crippen molar-refractivity contribution in [1.82, 2.24) is 0 Å². The summed E-state index contributed by atoms with van der Waals surface area (Å²) in [5.74, 6) is 1.36. The Balaban J connectivity index is 1.52. The van der Waals surface area contributed by atoms with Crippen molar-refractivity contribution in [3.8, 4) is 0 Å². The first-order chi connectivity index (χ1) is 13.2. The van der Waals surface area contributed by atoms with Crippen LogP contribution in [0.4, 0.5) is 0 Å². The third-order valence-corrected chi connectivity index (χ3v) is 10.2. The van der Waals surface area contributed by atoms with E-state index in [1.807, 2.05) is 30.3 Å². The number of hydrogen-bond acceptors (Lipinski definition) is 3. The zero-order chi connectivity index (χ0) is 19.8. The molecule has 3 heteroatoms.